The van der Waals surface area contributed by atoms with Gasteiger partial charge in [0.1, 0.15) is 5.75 Å². The summed E-state index contributed by atoms with van der Waals surface area (Å²) >= 11 is 0. The minimum Gasteiger partial charge on any atom is -0.493 e. The van der Waals surface area contributed by atoms with Gasteiger partial charge in [0.2, 0.25) is 0 Å². The number of nitrogens with one attached hydrogen (secondary N) is 1. The number of nitrogens with zero attached hydrogens (tertiary/aromatic N) is 4. The van der Waals surface area contributed by atoms with Crippen molar-refractivity contribution in [1.29, 1.82) is 0 Å². The number of morpholine rings is 1. The van der Waals surface area contributed by atoms with Gasteiger partial charge in [-0.3, -0.25) is 4.90 Å². The molecule has 0 spiro atoms. The van der Waals surface area contributed by atoms with Crippen molar-refractivity contribution in [2.45, 2.75) is 60.8 Å². The third-order valence-electron chi connectivity index (χ3n) is 5.25. The number of nitroso groups, excluding NO2 is 1. The van der Waals surface area contributed by atoms with E-state index in [9.17, 15) is 4.91 Å². The highest BCUT2D eigenvalue weighted by Crippen LogP contribution is 2.27. The number of likely N-dealkylation sites (N-methyl/N-ethyl adjacent to an activating group) is 1. The maximum atomic E-state index is 9.22. The summed E-state index contributed by atoms with van der Waals surface area (Å²) in [5.74, 6) is 5.66. The Labute approximate surface area is 258 Å². The smallest absolute Gasteiger partial charge is 0.121 e. The van der Waals surface area contributed by atoms with Crippen molar-refractivity contribution in [2.75, 3.05) is 72.0 Å². The second kappa shape index (κ2) is 34.2. The number of allylic oxidation sites excluding steroid dienone is 4. The van der Waals surface area contributed by atoms with Crippen molar-refractivity contribution >= 4 is 11.8 Å². The molecule has 2 heterocycles. The van der Waals surface area contributed by atoms with E-state index in [-0.39, 0.29) is 0 Å². The number of hydrazine groups is 1. The van der Waals surface area contributed by atoms with Crippen molar-refractivity contribution in [1.82, 2.24) is 15.3 Å². The highest BCUT2D eigenvalue weighted by molar-refractivity contribution is 5.70. The summed E-state index contributed by atoms with van der Waals surface area (Å²) in [6.07, 6.45) is 17.5. The highest BCUT2D eigenvalue weighted by atomic mass is 16.5. The van der Waals surface area contributed by atoms with Crippen molar-refractivity contribution in [3.63, 3.8) is 0 Å². The first-order chi connectivity index (χ1) is 20.5. The van der Waals surface area contributed by atoms with E-state index < -0.39 is 0 Å². The maximum Gasteiger partial charge on any atom is 0.121 e. The van der Waals surface area contributed by atoms with Gasteiger partial charge in [0.15, 0.2) is 0 Å². The SMILES string of the molecule is C=CN(N)N=O.CC.CC.CC.CN1C/C=C\CC/C=C/C=C/c2ccc(OCCCN3CCOCC3)cc21.CNC. The molecule has 0 atom stereocenters. The summed E-state index contributed by atoms with van der Waals surface area (Å²) in [6, 6.07) is 6.40. The van der Waals surface area contributed by atoms with Crippen LogP contribution in [0.1, 0.15) is 66.4 Å². The fraction of sp³-hybridized carbons (Fsp3) is 0.576. The Morgan fingerprint density at radius 1 is 1.05 bits per heavy atom. The Kier molecular flexibility index (Phi) is 35.4. The van der Waals surface area contributed by atoms with Gasteiger partial charge in [0.25, 0.3) is 0 Å². The van der Waals surface area contributed by atoms with Gasteiger partial charge in [0.05, 0.1) is 25.1 Å². The minimum atomic E-state index is 0.583. The molecular weight excluding hydrogens is 528 g/mol. The van der Waals surface area contributed by atoms with Gasteiger partial charge >= 0.3 is 0 Å². The second-order valence-corrected chi connectivity index (χ2v) is 8.24. The number of benzene rings is 1. The molecule has 1 aromatic rings. The number of ether oxygens (including phenoxy) is 2. The first kappa shape index (κ1) is 43.5. The molecule has 1 saturated heterocycles. The molecule has 1 fully saturated rings. The predicted molar refractivity (Wildman–Crippen MR) is 185 cm³/mol. The van der Waals surface area contributed by atoms with Gasteiger partial charge < -0.3 is 19.7 Å². The third-order valence-corrected chi connectivity index (χ3v) is 5.25. The summed E-state index contributed by atoms with van der Waals surface area (Å²) in [5, 5.41) is 5.58. The number of nitrogens with two attached hydrogens (primary N) is 1. The van der Waals surface area contributed by atoms with E-state index in [1.54, 1.807) is 0 Å². The van der Waals surface area contributed by atoms with E-state index in [0.29, 0.717) is 5.12 Å². The third kappa shape index (κ3) is 23.7. The average molecular weight is 591 g/mol. The Balaban J connectivity index is -0.000000857. The molecule has 42 heavy (non-hydrogen) atoms. The summed E-state index contributed by atoms with van der Waals surface area (Å²) in [6.45, 7) is 21.7. The molecule has 2 aliphatic rings. The highest BCUT2D eigenvalue weighted by Gasteiger charge is 2.10. The fourth-order valence-electron chi connectivity index (χ4n) is 3.40. The molecule has 0 radical (unpaired) electrons. The van der Waals surface area contributed by atoms with E-state index in [0.717, 1.165) is 77.2 Å². The first-order valence-corrected chi connectivity index (χ1v) is 15.4. The van der Waals surface area contributed by atoms with Gasteiger partial charge in [-0.2, -0.15) is 5.12 Å². The van der Waals surface area contributed by atoms with Crippen LogP contribution in [0.4, 0.5) is 5.69 Å². The van der Waals surface area contributed by atoms with Gasteiger partial charge in [-0.25, -0.2) is 5.84 Å². The largest absolute Gasteiger partial charge is 0.493 e. The Morgan fingerprint density at radius 2 is 1.67 bits per heavy atom. The summed E-state index contributed by atoms with van der Waals surface area (Å²) < 4.78 is 11.4. The van der Waals surface area contributed by atoms with Crippen LogP contribution < -0.4 is 20.8 Å². The lowest BCUT2D eigenvalue weighted by atomic mass is 10.1. The lowest BCUT2D eigenvalue weighted by Gasteiger charge is -2.26. The predicted octanol–water partition coefficient (Wildman–Crippen LogP) is 7.04. The van der Waals surface area contributed by atoms with Crippen LogP contribution in [-0.2, 0) is 4.74 Å². The summed E-state index contributed by atoms with van der Waals surface area (Å²) in [7, 11) is 5.89. The molecule has 2 aliphatic heterocycles. The van der Waals surface area contributed by atoms with Crippen LogP contribution in [0.2, 0.25) is 0 Å². The molecule has 0 aliphatic carbocycles. The van der Waals surface area contributed by atoms with E-state index >= 15 is 0 Å². The van der Waals surface area contributed by atoms with Crippen LogP contribution in [0, 0.1) is 4.91 Å². The monoisotopic (exact) mass is 590 g/mol. The van der Waals surface area contributed by atoms with E-state index in [2.05, 4.69) is 88.7 Å². The Bertz CT molecular complexity index is 816. The van der Waals surface area contributed by atoms with Gasteiger partial charge in [-0.15, -0.1) is 4.91 Å². The van der Waals surface area contributed by atoms with Gasteiger partial charge in [-0.1, -0.05) is 84.6 Å². The second-order valence-electron chi connectivity index (χ2n) is 8.24. The molecule has 0 saturated carbocycles. The van der Waals surface area contributed by atoms with Crippen molar-refractivity contribution < 1.29 is 9.47 Å². The zero-order chi connectivity index (χ0) is 32.4. The van der Waals surface area contributed by atoms with E-state index in [1.165, 1.54) is 11.3 Å². The van der Waals surface area contributed by atoms with E-state index in [1.807, 2.05) is 55.6 Å². The topological polar surface area (TPSA) is 95.7 Å². The first-order valence-electron chi connectivity index (χ1n) is 15.4. The van der Waals surface area contributed by atoms with Crippen molar-refractivity contribution in [3.05, 3.63) is 71.8 Å². The van der Waals surface area contributed by atoms with Crippen LogP contribution in [0.25, 0.3) is 6.08 Å². The van der Waals surface area contributed by atoms with Crippen molar-refractivity contribution in [2.24, 2.45) is 11.1 Å². The maximum absolute atomic E-state index is 9.22. The van der Waals surface area contributed by atoms with E-state index in [4.69, 9.17) is 15.3 Å². The molecule has 3 N–H and O–H groups in total. The minimum absolute atomic E-state index is 0.583. The van der Waals surface area contributed by atoms with Gasteiger partial charge in [-0.05, 0) is 51.1 Å². The normalized spacial score (nSPS) is 16.1. The lowest BCUT2D eigenvalue weighted by molar-refractivity contribution is 0.0358. The van der Waals surface area contributed by atoms with Crippen LogP contribution in [0.15, 0.2) is 66.6 Å². The van der Waals surface area contributed by atoms with Crippen LogP contribution >= 0.6 is 0 Å². The molecule has 1 aromatic carbocycles. The fourth-order valence-corrected chi connectivity index (χ4v) is 3.40. The van der Waals surface area contributed by atoms with Gasteiger partial charge in [0, 0.05) is 51.2 Å². The van der Waals surface area contributed by atoms with Crippen LogP contribution in [-0.4, -0.2) is 77.2 Å². The molecule has 9 nitrogen and oxygen atoms in total. The zero-order valence-corrected chi connectivity index (χ0v) is 28.1. The molecule has 0 bridgehead atoms. The number of hydrogen-bond acceptors (Lipinski definition) is 8. The molecule has 3 rings (SSSR count). The molecule has 0 amide bonds. The lowest BCUT2D eigenvalue weighted by Crippen LogP contribution is -2.37. The number of fused-ring (bicyclic) bond motifs is 1. The number of rotatable bonds is 7. The number of anilines is 1. The molecule has 242 valence electrons. The summed E-state index contributed by atoms with van der Waals surface area (Å²) in [4.78, 5) is 13.9. The quantitative estimate of drug-likeness (QED) is 0.115. The van der Waals surface area contributed by atoms with Crippen molar-refractivity contribution in [3.8, 4) is 5.75 Å². The standard InChI is InChI=1S/C23H32N2O2.C2H5N3O.C2H7N.3C2H6/c1-24-13-8-6-4-2-3-5-7-10-21-11-12-22(20-23(21)24)27-17-9-14-25-15-18-26-19-16-25;1-2-5(3)4-6;1-3-2;3*1-2/h3,5-8,10-12,20H,2,4,9,13-19H2,1H3;2H,1,3H2;3H,1-2H3;3*1-2H3/b5-3+,8-6-,10-7+;;;;;. The number of hydrogen-bond donors (Lipinski definition) is 2. The summed E-state index contributed by atoms with van der Waals surface area (Å²) in [5.41, 5.74) is 2.42. The Morgan fingerprint density at radius 3 is 2.24 bits per heavy atom. The molecular formula is C33H62N6O3. The molecule has 0 unspecified atom stereocenters. The Hall–Kier alpha value is -2.98. The molecule has 0 aromatic heterocycles. The van der Waals surface area contributed by atoms with Crippen LogP contribution in [0.5, 0.6) is 5.75 Å². The zero-order valence-electron chi connectivity index (χ0n) is 28.1. The average Bonchev–Trinajstić information content (AvgIpc) is 3.05. The van der Waals surface area contributed by atoms with Crippen LogP contribution in [0.3, 0.4) is 0 Å². The molecule has 9 heteroatoms.